The number of amides is 1. The van der Waals surface area contributed by atoms with Gasteiger partial charge in [0, 0.05) is 31.5 Å². The molecule has 6 heteroatoms. The van der Waals surface area contributed by atoms with Crippen LogP contribution in [0.4, 0.5) is 0 Å². The zero-order valence-electron chi connectivity index (χ0n) is 12.2. The second-order valence-electron chi connectivity index (χ2n) is 5.07. The molecular weight excluding hydrogens is 280 g/mol. The Morgan fingerprint density at radius 1 is 1.32 bits per heavy atom. The van der Waals surface area contributed by atoms with Crippen molar-refractivity contribution in [2.24, 2.45) is 0 Å². The maximum atomic E-state index is 11.9. The molecule has 0 radical (unpaired) electrons. The standard InChI is InChI=1S/C16H16N4O2/c1-12-7-15(22-19-12)16(21)18-9-13-3-2-4-14(8-13)10-20-6-5-17-11-20/h2-8,11H,9-10H2,1H3,(H,18,21). The molecule has 3 aromatic rings. The number of benzene rings is 1. The van der Waals surface area contributed by atoms with Crippen molar-refractivity contribution in [2.45, 2.75) is 20.0 Å². The average Bonchev–Trinajstić information content (AvgIpc) is 3.17. The van der Waals surface area contributed by atoms with E-state index in [9.17, 15) is 4.79 Å². The molecule has 6 nitrogen and oxygen atoms in total. The molecular formula is C16H16N4O2. The normalized spacial score (nSPS) is 10.6. The highest BCUT2D eigenvalue weighted by Gasteiger charge is 2.10. The first-order valence-electron chi connectivity index (χ1n) is 6.96. The van der Waals surface area contributed by atoms with E-state index in [0.717, 1.165) is 17.7 Å². The molecule has 0 spiro atoms. The van der Waals surface area contributed by atoms with E-state index in [1.54, 1.807) is 25.5 Å². The number of imidazole rings is 1. The topological polar surface area (TPSA) is 73.0 Å². The fraction of sp³-hybridized carbons (Fsp3) is 0.188. The van der Waals surface area contributed by atoms with Gasteiger partial charge in [-0.05, 0) is 18.1 Å². The molecule has 3 rings (SSSR count). The zero-order chi connectivity index (χ0) is 15.4. The number of aromatic nitrogens is 3. The number of nitrogens with one attached hydrogen (secondary N) is 1. The van der Waals surface area contributed by atoms with E-state index in [2.05, 4.69) is 21.5 Å². The van der Waals surface area contributed by atoms with Crippen LogP contribution in [0, 0.1) is 6.92 Å². The molecule has 112 valence electrons. The van der Waals surface area contributed by atoms with Crippen molar-refractivity contribution in [3.63, 3.8) is 0 Å². The number of hydrogen-bond acceptors (Lipinski definition) is 4. The van der Waals surface area contributed by atoms with Crippen molar-refractivity contribution >= 4 is 5.91 Å². The summed E-state index contributed by atoms with van der Waals surface area (Å²) in [5.41, 5.74) is 2.87. The van der Waals surface area contributed by atoms with Gasteiger partial charge in [-0.1, -0.05) is 29.4 Å². The van der Waals surface area contributed by atoms with Crippen LogP contribution in [0.2, 0.25) is 0 Å². The van der Waals surface area contributed by atoms with Crippen LogP contribution in [0.15, 0.2) is 53.6 Å². The van der Waals surface area contributed by atoms with E-state index in [1.807, 2.05) is 29.0 Å². The number of carbonyl (C=O) groups excluding carboxylic acids is 1. The molecule has 1 amide bonds. The molecule has 0 bridgehead atoms. The summed E-state index contributed by atoms with van der Waals surface area (Å²) >= 11 is 0. The molecule has 22 heavy (non-hydrogen) atoms. The van der Waals surface area contributed by atoms with Gasteiger partial charge in [-0.25, -0.2) is 4.98 Å². The highest BCUT2D eigenvalue weighted by Crippen LogP contribution is 2.08. The zero-order valence-corrected chi connectivity index (χ0v) is 12.2. The summed E-state index contributed by atoms with van der Waals surface area (Å²) < 4.78 is 6.93. The van der Waals surface area contributed by atoms with Crippen molar-refractivity contribution in [1.82, 2.24) is 20.0 Å². The lowest BCUT2D eigenvalue weighted by Crippen LogP contribution is -2.22. The van der Waals surface area contributed by atoms with E-state index in [0.29, 0.717) is 12.2 Å². The van der Waals surface area contributed by atoms with Crippen molar-refractivity contribution in [3.8, 4) is 0 Å². The number of aryl methyl sites for hydroxylation is 1. The van der Waals surface area contributed by atoms with Gasteiger partial charge < -0.3 is 14.4 Å². The quantitative estimate of drug-likeness (QED) is 0.783. The summed E-state index contributed by atoms with van der Waals surface area (Å²) in [6, 6.07) is 9.68. The third-order valence-electron chi connectivity index (χ3n) is 3.22. The van der Waals surface area contributed by atoms with Crippen LogP contribution in [0.25, 0.3) is 0 Å². The highest BCUT2D eigenvalue weighted by molar-refractivity contribution is 5.91. The lowest BCUT2D eigenvalue weighted by molar-refractivity contribution is 0.0914. The van der Waals surface area contributed by atoms with Gasteiger partial charge in [-0.2, -0.15) is 0 Å². The number of rotatable bonds is 5. The van der Waals surface area contributed by atoms with Crippen LogP contribution < -0.4 is 5.32 Å². The predicted octanol–water partition coefficient (Wildman–Crippen LogP) is 2.16. The van der Waals surface area contributed by atoms with E-state index < -0.39 is 0 Å². The minimum Gasteiger partial charge on any atom is -0.351 e. The maximum absolute atomic E-state index is 11.9. The molecule has 0 saturated heterocycles. The van der Waals surface area contributed by atoms with Crippen LogP contribution in [0.5, 0.6) is 0 Å². The predicted molar refractivity (Wildman–Crippen MR) is 80.2 cm³/mol. The molecule has 0 atom stereocenters. The minimum atomic E-state index is -0.263. The molecule has 2 aromatic heterocycles. The molecule has 0 aliphatic rings. The SMILES string of the molecule is Cc1cc(C(=O)NCc2cccc(Cn3ccnc3)c2)on1. The molecule has 0 aliphatic heterocycles. The molecule has 1 aromatic carbocycles. The fourth-order valence-corrected chi connectivity index (χ4v) is 2.17. The molecule has 1 N–H and O–H groups in total. The molecule has 0 unspecified atom stereocenters. The Morgan fingerprint density at radius 3 is 2.91 bits per heavy atom. The van der Waals surface area contributed by atoms with Gasteiger partial charge in [-0.3, -0.25) is 4.79 Å². The highest BCUT2D eigenvalue weighted by atomic mass is 16.5. The summed E-state index contributed by atoms with van der Waals surface area (Å²) in [5.74, 6) is -0.0346. The Kier molecular flexibility index (Phi) is 4.00. The smallest absolute Gasteiger partial charge is 0.290 e. The van der Waals surface area contributed by atoms with Crippen LogP contribution in [0.1, 0.15) is 27.4 Å². The Morgan fingerprint density at radius 2 is 2.18 bits per heavy atom. The van der Waals surface area contributed by atoms with Crippen molar-refractivity contribution in [2.75, 3.05) is 0 Å². The minimum absolute atomic E-state index is 0.229. The van der Waals surface area contributed by atoms with Crippen molar-refractivity contribution in [3.05, 3.63) is 71.6 Å². The summed E-state index contributed by atoms with van der Waals surface area (Å²) in [6.07, 6.45) is 5.45. The van der Waals surface area contributed by atoms with Gasteiger partial charge in [-0.15, -0.1) is 0 Å². The largest absolute Gasteiger partial charge is 0.351 e. The van der Waals surface area contributed by atoms with Crippen LogP contribution in [-0.2, 0) is 13.1 Å². The van der Waals surface area contributed by atoms with Gasteiger partial charge in [0.15, 0.2) is 0 Å². The Balaban J connectivity index is 1.62. The molecule has 2 heterocycles. The van der Waals surface area contributed by atoms with Gasteiger partial charge in [0.1, 0.15) is 0 Å². The fourth-order valence-electron chi connectivity index (χ4n) is 2.17. The van der Waals surface area contributed by atoms with Crippen LogP contribution in [0.3, 0.4) is 0 Å². The first-order valence-corrected chi connectivity index (χ1v) is 6.96. The second-order valence-corrected chi connectivity index (χ2v) is 5.07. The molecule has 0 saturated carbocycles. The first-order chi connectivity index (χ1) is 10.7. The molecule has 0 fully saturated rings. The van der Waals surface area contributed by atoms with Crippen molar-refractivity contribution in [1.29, 1.82) is 0 Å². The van der Waals surface area contributed by atoms with Gasteiger partial charge >= 0.3 is 0 Å². The third-order valence-corrected chi connectivity index (χ3v) is 3.22. The van der Waals surface area contributed by atoms with E-state index in [4.69, 9.17) is 4.52 Å². The van der Waals surface area contributed by atoms with Crippen molar-refractivity contribution < 1.29 is 9.32 Å². The lowest BCUT2D eigenvalue weighted by Gasteiger charge is -2.07. The van der Waals surface area contributed by atoms with E-state index in [-0.39, 0.29) is 11.7 Å². The van der Waals surface area contributed by atoms with Gasteiger partial charge in [0.2, 0.25) is 5.76 Å². The van der Waals surface area contributed by atoms with Gasteiger partial charge in [0.05, 0.1) is 12.0 Å². The Hall–Kier alpha value is -2.89. The van der Waals surface area contributed by atoms with Gasteiger partial charge in [0.25, 0.3) is 5.91 Å². The monoisotopic (exact) mass is 296 g/mol. The lowest BCUT2D eigenvalue weighted by atomic mass is 10.1. The number of nitrogens with zero attached hydrogens (tertiary/aromatic N) is 3. The maximum Gasteiger partial charge on any atom is 0.290 e. The summed E-state index contributed by atoms with van der Waals surface area (Å²) in [5, 5.41) is 6.53. The average molecular weight is 296 g/mol. The molecule has 0 aliphatic carbocycles. The summed E-state index contributed by atoms with van der Waals surface area (Å²) in [4.78, 5) is 15.9. The van der Waals surface area contributed by atoms with Crippen LogP contribution >= 0.6 is 0 Å². The number of hydrogen-bond donors (Lipinski definition) is 1. The first kappa shape index (κ1) is 14.1. The van der Waals surface area contributed by atoms with Crippen LogP contribution in [-0.4, -0.2) is 20.6 Å². The Bertz CT molecular complexity index is 762. The van der Waals surface area contributed by atoms with E-state index in [1.165, 1.54) is 0 Å². The third kappa shape index (κ3) is 3.41. The Labute approximate surface area is 127 Å². The van der Waals surface area contributed by atoms with E-state index >= 15 is 0 Å². The second kappa shape index (κ2) is 6.26. The number of carbonyl (C=O) groups is 1. The summed E-state index contributed by atoms with van der Waals surface area (Å²) in [7, 11) is 0. The summed E-state index contributed by atoms with van der Waals surface area (Å²) in [6.45, 7) is 2.97.